The van der Waals surface area contributed by atoms with Crippen LogP contribution in [0.25, 0.3) is 0 Å². The van der Waals surface area contributed by atoms with Crippen molar-refractivity contribution in [2.24, 2.45) is 5.92 Å². The molecule has 1 N–H and O–H groups in total. The van der Waals surface area contributed by atoms with Crippen LogP contribution in [0.3, 0.4) is 0 Å². The van der Waals surface area contributed by atoms with Gasteiger partial charge in [0.05, 0.1) is 0 Å². The highest BCUT2D eigenvalue weighted by Crippen LogP contribution is 2.27. The Morgan fingerprint density at radius 2 is 2.00 bits per heavy atom. The number of hydrogen-bond acceptors (Lipinski definition) is 2. The summed E-state index contributed by atoms with van der Waals surface area (Å²) < 4.78 is 0.888. The summed E-state index contributed by atoms with van der Waals surface area (Å²) in [5.74, 6) is -0.117. The first-order valence-corrected chi connectivity index (χ1v) is 7.10. The second-order valence-electron chi connectivity index (χ2n) is 5.11. The van der Waals surface area contributed by atoms with E-state index in [0.717, 1.165) is 10.2 Å². The molecule has 5 heteroatoms. The van der Waals surface area contributed by atoms with Crippen LogP contribution in [-0.4, -0.2) is 23.9 Å². The molecule has 2 unspecified atom stereocenters. The van der Waals surface area contributed by atoms with Crippen LogP contribution in [0, 0.1) is 5.92 Å². The zero-order valence-electron chi connectivity index (χ0n) is 11.2. The van der Waals surface area contributed by atoms with E-state index in [9.17, 15) is 9.59 Å². The van der Waals surface area contributed by atoms with Crippen LogP contribution < -0.4 is 10.2 Å². The lowest BCUT2D eigenvalue weighted by atomic mass is 9.96. The minimum atomic E-state index is -0.485. The Kier molecular flexibility index (Phi) is 3.94. The van der Waals surface area contributed by atoms with Crippen LogP contribution in [0.15, 0.2) is 28.7 Å². The van der Waals surface area contributed by atoms with Gasteiger partial charge in [0.1, 0.15) is 12.1 Å². The predicted octanol–water partition coefficient (Wildman–Crippen LogP) is 2.33. The van der Waals surface area contributed by atoms with Gasteiger partial charge in [0.2, 0.25) is 11.8 Å². The molecule has 1 aromatic rings. The van der Waals surface area contributed by atoms with Crippen LogP contribution in [0.1, 0.15) is 20.8 Å². The third kappa shape index (κ3) is 2.66. The zero-order chi connectivity index (χ0) is 14.2. The summed E-state index contributed by atoms with van der Waals surface area (Å²) in [5.41, 5.74) is 0.750. The summed E-state index contributed by atoms with van der Waals surface area (Å²) in [5, 5.41) is 2.73. The maximum absolute atomic E-state index is 12.4. The number of hydrogen-bond donors (Lipinski definition) is 1. The molecule has 2 rings (SSSR count). The van der Waals surface area contributed by atoms with Crippen molar-refractivity contribution in [2.45, 2.75) is 32.9 Å². The molecule has 1 heterocycles. The third-order valence-electron chi connectivity index (χ3n) is 3.23. The van der Waals surface area contributed by atoms with Crippen molar-refractivity contribution in [3.8, 4) is 0 Å². The van der Waals surface area contributed by atoms with Gasteiger partial charge in [0, 0.05) is 10.2 Å². The summed E-state index contributed by atoms with van der Waals surface area (Å²) >= 11 is 3.40. The van der Waals surface area contributed by atoms with Gasteiger partial charge in [-0.2, -0.15) is 0 Å². The first kappa shape index (κ1) is 14.1. The van der Waals surface area contributed by atoms with Gasteiger partial charge in [-0.15, -0.1) is 0 Å². The Bertz CT molecular complexity index is 516. The number of piperazine rings is 1. The third-order valence-corrected chi connectivity index (χ3v) is 3.72. The summed E-state index contributed by atoms with van der Waals surface area (Å²) in [6.45, 7) is 5.60. The topological polar surface area (TPSA) is 49.4 Å². The van der Waals surface area contributed by atoms with Crippen molar-refractivity contribution < 1.29 is 9.59 Å². The fraction of sp³-hybridized carbons (Fsp3) is 0.429. The molecule has 0 aliphatic carbocycles. The van der Waals surface area contributed by atoms with E-state index in [1.165, 1.54) is 0 Å². The van der Waals surface area contributed by atoms with E-state index >= 15 is 0 Å². The molecule has 19 heavy (non-hydrogen) atoms. The van der Waals surface area contributed by atoms with Gasteiger partial charge in [-0.3, -0.25) is 14.5 Å². The highest BCUT2D eigenvalue weighted by Gasteiger charge is 2.40. The second-order valence-corrected chi connectivity index (χ2v) is 6.02. The number of halogens is 1. The van der Waals surface area contributed by atoms with Gasteiger partial charge >= 0.3 is 0 Å². The van der Waals surface area contributed by atoms with Crippen LogP contribution in [0.5, 0.6) is 0 Å². The Balaban J connectivity index is 2.47. The Morgan fingerprint density at radius 1 is 1.32 bits per heavy atom. The van der Waals surface area contributed by atoms with Crippen molar-refractivity contribution in [3.63, 3.8) is 0 Å². The molecule has 1 aromatic carbocycles. The van der Waals surface area contributed by atoms with E-state index in [2.05, 4.69) is 21.2 Å². The van der Waals surface area contributed by atoms with E-state index in [-0.39, 0.29) is 17.7 Å². The quantitative estimate of drug-likeness (QED) is 0.907. The summed E-state index contributed by atoms with van der Waals surface area (Å²) in [6, 6.07) is 6.52. The smallest absolute Gasteiger partial charge is 0.250 e. The summed E-state index contributed by atoms with van der Waals surface area (Å²) in [7, 11) is 0. The maximum Gasteiger partial charge on any atom is 0.250 e. The fourth-order valence-electron chi connectivity index (χ4n) is 2.34. The number of nitrogens with one attached hydrogen (secondary N) is 1. The van der Waals surface area contributed by atoms with Crippen LogP contribution in [0.4, 0.5) is 5.69 Å². The summed E-state index contributed by atoms with van der Waals surface area (Å²) in [4.78, 5) is 26.1. The molecule has 102 valence electrons. The predicted molar refractivity (Wildman–Crippen MR) is 77.9 cm³/mol. The molecule has 1 aliphatic heterocycles. The average Bonchev–Trinajstić information content (AvgIpc) is 2.32. The molecular weight excluding hydrogens is 308 g/mol. The van der Waals surface area contributed by atoms with Crippen LogP contribution >= 0.6 is 15.9 Å². The number of anilines is 1. The highest BCUT2D eigenvalue weighted by atomic mass is 79.9. The molecule has 1 fully saturated rings. The Morgan fingerprint density at radius 3 is 2.58 bits per heavy atom. The van der Waals surface area contributed by atoms with Crippen molar-refractivity contribution in [1.82, 2.24) is 5.32 Å². The number of benzene rings is 1. The van der Waals surface area contributed by atoms with Gasteiger partial charge in [0.15, 0.2) is 0 Å². The highest BCUT2D eigenvalue weighted by molar-refractivity contribution is 9.10. The minimum absolute atomic E-state index is 0.0513. The molecule has 0 radical (unpaired) electrons. The normalized spacial score (nSPS) is 23.7. The molecule has 4 nitrogen and oxygen atoms in total. The minimum Gasteiger partial charge on any atom is -0.343 e. The molecule has 0 bridgehead atoms. The lowest BCUT2D eigenvalue weighted by molar-refractivity contribution is -0.134. The van der Waals surface area contributed by atoms with Gasteiger partial charge in [-0.05, 0) is 31.0 Å². The van der Waals surface area contributed by atoms with E-state index in [0.29, 0.717) is 0 Å². The molecule has 0 spiro atoms. The Hall–Kier alpha value is -1.36. The van der Waals surface area contributed by atoms with Crippen molar-refractivity contribution in [1.29, 1.82) is 0 Å². The fourth-order valence-corrected chi connectivity index (χ4v) is 2.73. The molecule has 0 aromatic heterocycles. The van der Waals surface area contributed by atoms with Gasteiger partial charge in [0.25, 0.3) is 0 Å². The Labute approximate surface area is 121 Å². The standard InChI is InChI=1S/C14H17BrN2O2/c1-8(2)12-13(18)16-9(3)14(19)17(12)11-6-4-5-10(15)7-11/h4-9,12H,1-3H3,(H,16,18). The first-order valence-electron chi connectivity index (χ1n) is 6.31. The molecule has 1 aliphatic rings. The van der Waals surface area contributed by atoms with Crippen molar-refractivity contribution in [3.05, 3.63) is 28.7 Å². The van der Waals surface area contributed by atoms with Gasteiger partial charge < -0.3 is 5.32 Å². The lowest BCUT2D eigenvalue weighted by Crippen LogP contribution is -2.64. The summed E-state index contributed by atoms with van der Waals surface area (Å²) in [6.07, 6.45) is 0. The van der Waals surface area contributed by atoms with Crippen molar-refractivity contribution in [2.75, 3.05) is 4.90 Å². The van der Waals surface area contributed by atoms with Gasteiger partial charge in [-0.1, -0.05) is 35.8 Å². The largest absolute Gasteiger partial charge is 0.343 e. The van der Waals surface area contributed by atoms with E-state index in [1.54, 1.807) is 11.8 Å². The second kappa shape index (κ2) is 5.33. The maximum atomic E-state index is 12.4. The first-order chi connectivity index (χ1) is 8.91. The molecular formula is C14H17BrN2O2. The van der Waals surface area contributed by atoms with E-state index < -0.39 is 12.1 Å². The van der Waals surface area contributed by atoms with Crippen molar-refractivity contribution >= 4 is 33.4 Å². The van der Waals surface area contributed by atoms with E-state index in [1.807, 2.05) is 38.1 Å². The monoisotopic (exact) mass is 324 g/mol. The van der Waals surface area contributed by atoms with E-state index in [4.69, 9.17) is 0 Å². The SMILES string of the molecule is CC1NC(=O)C(C(C)C)N(c2cccc(Br)c2)C1=O. The number of carbonyl (C=O) groups is 2. The lowest BCUT2D eigenvalue weighted by Gasteiger charge is -2.39. The number of rotatable bonds is 2. The number of nitrogens with zero attached hydrogens (tertiary/aromatic N) is 1. The average molecular weight is 325 g/mol. The van der Waals surface area contributed by atoms with Gasteiger partial charge in [-0.25, -0.2) is 0 Å². The molecule has 1 saturated heterocycles. The molecule has 0 saturated carbocycles. The number of amides is 2. The number of carbonyl (C=O) groups excluding carboxylic acids is 2. The van der Waals surface area contributed by atoms with Crippen LogP contribution in [0.2, 0.25) is 0 Å². The van der Waals surface area contributed by atoms with Crippen LogP contribution in [-0.2, 0) is 9.59 Å². The molecule has 2 atom stereocenters. The zero-order valence-corrected chi connectivity index (χ0v) is 12.8. The molecule has 2 amide bonds.